The van der Waals surface area contributed by atoms with Crippen molar-refractivity contribution in [3.63, 3.8) is 0 Å². The van der Waals surface area contributed by atoms with E-state index in [-0.39, 0.29) is 0 Å². The van der Waals surface area contributed by atoms with Gasteiger partial charge in [-0.25, -0.2) is 0 Å². The van der Waals surface area contributed by atoms with E-state index in [1.165, 1.54) is 49.5 Å². The van der Waals surface area contributed by atoms with Crippen molar-refractivity contribution in [2.24, 2.45) is 0 Å². The zero-order valence-electron chi connectivity index (χ0n) is 18.1. The average molecular weight is 420 g/mol. The molecule has 0 N–H and O–H groups in total. The Balaban J connectivity index is 1.49. The number of para-hydroxylation sites is 2. The first-order chi connectivity index (χ1) is 16.4. The molecule has 0 saturated heterocycles. The van der Waals surface area contributed by atoms with E-state index >= 15 is 0 Å². The van der Waals surface area contributed by atoms with Gasteiger partial charge in [-0.3, -0.25) is 0 Å². The molecule has 0 amide bonds. The predicted octanol–water partition coefficient (Wildman–Crippen LogP) is 6.77. The monoisotopic (exact) mass is 419 g/mol. The summed E-state index contributed by atoms with van der Waals surface area (Å²) in [7, 11) is 0. The summed E-state index contributed by atoms with van der Waals surface area (Å²) in [5, 5.41) is 2.66. The van der Waals surface area contributed by atoms with Crippen LogP contribution >= 0.6 is 0 Å². The maximum atomic E-state index is 2.39. The van der Waals surface area contributed by atoms with Gasteiger partial charge in [0.1, 0.15) is 0 Å². The lowest BCUT2D eigenvalue weighted by molar-refractivity contribution is 1.28. The van der Waals surface area contributed by atoms with Gasteiger partial charge in [0.05, 0.1) is 5.69 Å². The van der Waals surface area contributed by atoms with E-state index in [9.17, 15) is 0 Å². The summed E-state index contributed by atoms with van der Waals surface area (Å²) in [5.41, 5.74) is 11.4. The third-order valence-corrected chi connectivity index (χ3v) is 6.77. The summed E-state index contributed by atoms with van der Waals surface area (Å²) in [6.07, 6.45) is 4.73. The maximum absolute atomic E-state index is 2.39. The van der Waals surface area contributed by atoms with Crippen LogP contribution in [-0.4, -0.2) is 0 Å². The highest BCUT2D eigenvalue weighted by atomic mass is 15.1. The van der Waals surface area contributed by atoms with Crippen molar-refractivity contribution in [1.29, 1.82) is 0 Å². The number of nitrogens with zero attached hydrogens (tertiary/aromatic N) is 1. The van der Waals surface area contributed by atoms with Gasteiger partial charge in [0.25, 0.3) is 0 Å². The fourth-order valence-corrected chi connectivity index (χ4v) is 5.30. The lowest BCUT2D eigenvalue weighted by Gasteiger charge is -2.27. The van der Waals surface area contributed by atoms with E-state index < -0.39 is 0 Å². The van der Waals surface area contributed by atoms with E-state index in [2.05, 4.69) is 132 Å². The van der Waals surface area contributed by atoms with Crippen molar-refractivity contribution < 1.29 is 0 Å². The number of benzene rings is 5. The lowest BCUT2D eigenvalue weighted by atomic mass is 9.99. The second-order valence-electron chi connectivity index (χ2n) is 8.61. The Morgan fingerprint density at radius 3 is 1.70 bits per heavy atom. The van der Waals surface area contributed by atoms with Gasteiger partial charge >= 0.3 is 0 Å². The molecule has 0 aliphatic heterocycles. The summed E-state index contributed by atoms with van der Waals surface area (Å²) in [5.74, 6) is 0. The van der Waals surface area contributed by atoms with Crippen molar-refractivity contribution in [2.75, 3.05) is 4.90 Å². The topological polar surface area (TPSA) is 3.24 Å². The van der Waals surface area contributed by atoms with Crippen LogP contribution in [0.15, 0.2) is 115 Å². The molecule has 1 nitrogen and oxygen atoms in total. The SMILES string of the molecule is C1=c2c(ccc3c2=Cc2c-3cccc2N(c2ccccc2)c2ccccc2)-c2ccccc21. The number of rotatable bonds is 3. The molecule has 154 valence electrons. The van der Waals surface area contributed by atoms with Crippen LogP contribution in [0.25, 0.3) is 34.4 Å². The molecular weight excluding hydrogens is 398 g/mol. The molecular formula is C32H21N. The molecule has 5 aromatic rings. The first-order valence-corrected chi connectivity index (χ1v) is 11.4. The van der Waals surface area contributed by atoms with E-state index in [1.54, 1.807) is 0 Å². The molecule has 2 aliphatic rings. The molecule has 0 bridgehead atoms. The highest BCUT2D eigenvalue weighted by Gasteiger charge is 2.23. The van der Waals surface area contributed by atoms with E-state index in [0.717, 1.165) is 11.4 Å². The largest absolute Gasteiger partial charge is 0.310 e. The quantitative estimate of drug-likeness (QED) is 0.305. The second-order valence-corrected chi connectivity index (χ2v) is 8.61. The normalized spacial score (nSPS) is 12.1. The van der Waals surface area contributed by atoms with Gasteiger partial charge < -0.3 is 4.90 Å². The third kappa shape index (κ3) is 2.73. The molecule has 2 aliphatic carbocycles. The van der Waals surface area contributed by atoms with Gasteiger partial charge in [0, 0.05) is 16.9 Å². The van der Waals surface area contributed by atoms with Crippen LogP contribution in [0.3, 0.4) is 0 Å². The Morgan fingerprint density at radius 1 is 0.394 bits per heavy atom. The number of hydrogen-bond acceptors (Lipinski definition) is 1. The Labute approximate surface area is 193 Å². The second kappa shape index (κ2) is 7.08. The van der Waals surface area contributed by atoms with Gasteiger partial charge in [-0.05, 0) is 80.7 Å². The van der Waals surface area contributed by atoms with Crippen LogP contribution in [0, 0.1) is 0 Å². The summed E-state index contributed by atoms with van der Waals surface area (Å²) in [6, 6.07) is 41.2. The van der Waals surface area contributed by atoms with Crippen molar-refractivity contribution in [3.05, 3.63) is 137 Å². The number of hydrogen-bond donors (Lipinski definition) is 0. The smallest absolute Gasteiger partial charge is 0.0540 e. The maximum Gasteiger partial charge on any atom is 0.0540 e. The molecule has 0 spiro atoms. The minimum absolute atomic E-state index is 1.16. The standard InChI is InChI=1S/C32H21N/c1-3-11-23(12-4-1)33(24-13-5-2-6-14-24)32-17-9-16-26-28-19-18-27-25-15-8-7-10-22(25)20-29(27)30(28)21-31(26)32/h1-21H. The van der Waals surface area contributed by atoms with Gasteiger partial charge in [0.15, 0.2) is 0 Å². The minimum Gasteiger partial charge on any atom is -0.310 e. The van der Waals surface area contributed by atoms with Crippen molar-refractivity contribution in [1.82, 2.24) is 0 Å². The van der Waals surface area contributed by atoms with E-state index in [4.69, 9.17) is 0 Å². The molecule has 7 rings (SSSR count). The van der Waals surface area contributed by atoms with Crippen molar-refractivity contribution in [2.45, 2.75) is 0 Å². The highest BCUT2D eigenvalue weighted by Crippen LogP contribution is 2.41. The Bertz CT molecular complexity index is 1610. The minimum atomic E-state index is 1.16. The van der Waals surface area contributed by atoms with Gasteiger partial charge in [-0.15, -0.1) is 0 Å². The summed E-state index contributed by atoms with van der Waals surface area (Å²) >= 11 is 0. The Morgan fingerprint density at radius 2 is 0.970 bits per heavy atom. The van der Waals surface area contributed by atoms with Crippen LogP contribution in [0.2, 0.25) is 0 Å². The van der Waals surface area contributed by atoms with Crippen LogP contribution in [-0.2, 0) is 0 Å². The van der Waals surface area contributed by atoms with Gasteiger partial charge in [0.2, 0.25) is 0 Å². The molecule has 0 saturated carbocycles. The first-order valence-electron chi connectivity index (χ1n) is 11.4. The molecule has 33 heavy (non-hydrogen) atoms. The fraction of sp³-hybridized carbons (Fsp3) is 0. The summed E-state index contributed by atoms with van der Waals surface area (Å²) < 4.78 is 0. The van der Waals surface area contributed by atoms with Crippen LogP contribution in [0.5, 0.6) is 0 Å². The summed E-state index contributed by atoms with van der Waals surface area (Å²) in [4.78, 5) is 2.36. The Kier molecular flexibility index (Phi) is 3.91. The van der Waals surface area contributed by atoms with Gasteiger partial charge in [-0.2, -0.15) is 0 Å². The molecule has 0 fully saturated rings. The zero-order valence-corrected chi connectivity index (χ0v) is 18.1. The molecule has 0 heterocycles. The van der Waals surface area contributed by atoms with Crippen LogP contribution < -0.4 is 15.3 Å². The van der Waals surface area contributed by atoms with Crippen LogP contribution in [0.1, 0.15) is 11.1 Å². The summed E-state index contributed by atoms with van der Waals surface area (Å²) in [6.45, 7) is 0. The number of fused-ring (bicyclic) bond motifs is 7. The fourth-order valence-electron chi connectivity index (χ4n) is 5.30. The molecule has 0 atom stereocenters. The first kappa shape index (κ1) is 18.2. The molecule has 0 unspecified atom stereocenters. The van der Waals surface area contributed by atoms with E-state index in [1.807, 2.05) is 0 Å². The van der Waals surface area contributed by atoms with Gasteiger partial charge in [-0.1, -0.05) is 84.9 Å². The van der Waals surface area contributed by atoms with Crippen molar-refractivity contribution in [3.8, 4) is 22.3 Å². The number of anilines is 3. The van der Waals surface area contributed by atoms with Crippen molar-refractivity contribution >= 4 is 29.2 Å². The molecule has 5 aromatic carbocycles. The third-order valence-electron chi connectivity index (χ3n) is 6.77. The highest BCUT2D eigenvalue weighted by molar-refractivity contribution is 5.95. The lowest BCUT2D eigenvalue weighted by Crippen LogP contribution is -2.25. The zero-order chi connectivity index (χ0) is 21.8. The predicted molar refractivity (Wildman–Crippen MR) is 138 cm³/mol. The molecule has 1 heteroatoms. The molecule has 0 aromatic heterocycles. The molecule has 0 radical (unpaired) electrons. The average Bonchev–Trinajstić information content (AvgIpc) is 3.45. The Hall–Kier alpha value is -4.36. The van der Waals surface area contributed by atoms with Crippen LogP contribution in [0.4, 0.5) is 17.1 Å². The van der Waals surface area contributed by atoms with E-state index in [0.29, 0.717) is 0 Å².